The lowest BCUT2D eigenvalue weighted by atomic mass is 9.93. The number of rotatable bonds is 5. The Morgan fingerprint density at radius 1 is 1.25 bits per heavy atom. The molecule has 0 unspecified atom stereocenters. The lowest BCUT2D eigenvalue weighted by molar-refractivity contribution is 0.229. The van der Waals surface area contributed by atoms with Crippen molar-refractivity contribution in [3.8, 4) is 5.75 Å². The summed E-state index contributed by atoms with van der Waals surface area (Å²) in [5, 5.41) is 3.42. The summed E-state index contributed by atoms with van der Waals surface area (Å²) < 4.78 is 5.76. The van der Waals surface area contributed by atoms with Gasteiger partial charge >= 0.3 is 0 Å². The highest BCUT2D eigenvalue weighted by atomic mass is 16.5. The van der Waals surface area contributed by atoms with E-state index in [1.165, 1.54) is 16.7 Å². The van der Waals surface area contributed by atoms with Gasteiger partial charge in [0.15, 0.2) is 0 Å². The zero-order valence-corrected chi connectivity index (χ0v) is 13.3. The molecular weight excluding hydrogens is 248 g/mol. The Bertz CT molecular complexity index is 437. The SMILES string of the molecule is CCc1ccc(C(C)C)c(CN2CCNCC2)c1OC. The monoisotopic (exact) mass is 276 g/mol. The molecule has 0 atom stereocenters. The molecule has 2 rings (SSSR count). The Morgan fingerprint density at radius 2 is 1.95 bits per heavy atom. The van der Waals surface area contributed by atoms with Gasteiger partial charge in [0.1, 0.15) is 5.75 Å². The topological polar surface area (TPSA) is 24.5 Å². The average molecular weight is 276 g/mol. The molecule has 1 saturated heterocycles. The highest BCUT2D eigenvalue weighted by Crippen LogP contribution is 2.33. The molecule has 0 amide bonds. The molecule has 1 fully saturated rings. The van der Waals surface area contributed by atoms with E-state index in [-0.39, 0.29) is 0 Å². The molecule has 1 heterocycles. The molecular formula is C17H28N2O. The number of aryl methyl sites for hydroxylation is 1. The number of piperazine rings is 1. The molecule has 1 N–H and O–H groups in total. The first-order chi connectivity index (χ1) is 9.67. The van der Waals surface area contributed by atoms with Gasteiger partial charge in [-0.3, -0.25) is 4.90 Å². The molecule has 3 nitrogen and oxygen atoms in total. The summed E-state index contributed by atoms with van der Waals surface area (Å²) in [5.41, 5.74) is 4.14. The van der Waals surface area contributed by atoms with Gasteiger partial charge in [0.25, 0.3) is 0 Å². The van der Waals surface area contributed by atoms with Crippen LogP contribution in [0.4, 0.5) is 0 Å². The number of nitrogens with zero attached hydrogens (tertiary/aromatic N) is 1. The van der Waals surface area contributed by atoms with Gasteiger partial charge in [-0.05, 0) is 23.5 Å². The summed E-state index contributed by atoms with van der Waals surface area (Å²) >= 11 is 0. The zero-order valence-electron chi connectivity index (χ0n) is 13.3. The van der Waals surface area contributed by atoms with Gasteiger partial charge in [0.2, 0.25) is 0 Å². The van der Waals surface area contributed by atoms with E-state index in [0.29, 0.717) is 5.92 Å². The van der Waals surface area contributed by atoms with Crippen molar-refractivity contribution in [2.45, 2.75) is 39.7 Å². The van der Waals surface area contributed by atoms with Crippen molar-refractivity contribution in [2.24, 2.45) is 0 Å². The number of benzene rings is 1. The summed E-state index contributed by atoms with van der Waals surface area (Å²) in [4.78, 5) is 2.53. The minimum absolute atomic E-state index is 0.535. The van der Waals surface area contributed by atoms with Crippen LogP contribution in [0.15, 0.2) is 12.1 Å². The van der Waals surface area contributed by atoms with Crippen molar-refractivity contribution in [1.29, 1.82) is 0 Å². The minimum Gasteiger partial charge on any atom is -0.496 e. The molecule has 0 bridgehead atoms. The van der Waals surface area contributed by atoms with Gasteiger partial charge in [-0.2, -0.15) is 0 Å². The lowest BCUT2D eigenvalue weighted by Gasteiger charge is -2.29. The number of methoxy groups -OCH3 is 1. The maximum atomic E-state index is 5.76. The molecule has 0 aromatic heterocycles. The van der Waals surface area contributed by atoms with Crippen LogP contribution in [-0.4, -0.2) is 38.2 Å². The Kier molecular flexibility index (Phi) is 5.44. The fourth-order valence-electron chi connectivity index (χ4n) is 3.02. The largest absolute Gasteiger partial charge is 0.496 e. The number of hydrogen-bond donors (Lipinski definition) is 1. The van der Waals surface area contributed by atoms with Gasteiger partial charge in [-0.1, -0.05) is 32.9 Å². The molecule has 1 aliphatic rings. The summed E-state index contributed by atoms with van der Waals surface area (Å²) in [6.45, 7) is 12.2. The van der Waals surface area contributed by atoms with E-state index in [2.05, 4.69) is 43.1 Å². The van der Waals surface area contributed by atoms with Crippen LogP contribution in [0.2, 0.25) is 0 Å². The van der Waals surface area contributed by atoms with Crippen molar-refractivity contribution < 1.29 is 4.74 Å². The van der Waals surface area contributed by atoms with Crippen LogP contribution >= 0.6 is 0 Å². The predicted octanol–water partition coefficient (Wildman–Crippen LogP) is 2.79. The lowest BCUT2D eigenvalue weighted by Crippen LogP contribution is -2.43. The quantitative estimate of drug-likeness (QED) is 0.895. The Balaban J connectivity index is 2.34. The van der Waals surface area contributed by atoms with Gasteiger partial charge in [-0.15, -0.1) is 0 Å². The first-order valence-electron chi connectivity index (χ1n) is 7.79. The van der Waals surface area contributed by atoms with Crippen LogP contribution in [0.1, 0.15) is 43.4 Å². The van der Waals surface area contributed by atoms with E-state index in [1.807, 2.05) is 0 Å². The Labute approximate surface area is 123 Å². The molecule has 112 valence electrons. The number of hydrogen-bond acceptors (Lipinski definition) is 3. The highest BCUT2D eigenvalue weighted by molar-refractivity contribution is 5.48. The molecule has 0 radical (unpaired) electrons. The van der Waals surface area contributed by atoms with Gasteiger partial charge < -0.3 is 10.1 Å². The second kappa shape index (κ2) is 7.09. The second-order valence-electron chi connectivity index (χ2n) is 5.86. The van der Waals surface area contributed by atoms with Gasteiger partial charge in [0, 0.05) is 38.3 Å². The zero-order chi connectivity index (χ0) is 14.5. The van der Waals surface area contributed by atoms with Crippen LogP contribution in [-0.2, 0) is 13.0 Å². The smallest absolute Gasteiger partial charge is 0.126 e. The molecule has 0 saturated carbocycles. The average Bonchev–Trinajstić information content (AvgIpc) is 2.47. The van der Waals surface area contributed by atoms with E-state index < -0.39 is 0 Å². The summed E-state index contributed by atoms with van der Waals surface area (Å²) in [6.07, 6.45) is 1.02. The third-order valence-electron chi connectivity index (χ3n) is 4.18. The first kappa shape index (κ1) is 15.3. The predicted molar refractivity (Wildman–Crippen MR) is 84.6 cm³/mol. The summed E-state index contributed by atoms with van der Waals surface area (Å²) in [5.74, 6) is 1.64. The standard InChI is InChI=1S/C17H28N2O/c1-5-14-6-7-15(13(2)3)16(17(14)20-4)12-19-10-8-18-9-11-19/h6-7,13,18H,5,8-12H2,1-4H3. The summed E-state index contributed by atoms with van der Waals surface area (Å²) in [6, 6.07) is 4.53. The second-order valence-corrected chi connectivity index (χ2v) is 5.86. The molecule has 20 heavy (non-hydrogen) atoms. The first-order valence-corrected chi connectivity index (χ1v) is 7.79. The van der Waals surface area contributed by atoms with Crippen molar-refractivity contribution in [3.05, 3.63) is 28.8 Å². The Morgan fingerprint density at radius 3 is 2.50 bits per heavy atom. The number of ether oxygens (including phenoxy) is 1. The molecule has 3 heteroatoms. The minimum atomic E-state index is 0.535. The normalized spacial score (nSPS) is 16.6. The van der Waals surface area contributed by atoms with Crippen molar-refractivity contribution in [3.63, 3.8) is 0 Å². The molecule has 0 aliphatic carbocycles. The molecule has 0 spiro atoms. The fourth-order valence-corrected chi connectivity index (χ4v) is 3.02. The van der Waals surface area contributed by atoms with E-state index in [0.717, 1.165) is 44.9 Å². The Hall–Kier alpha value is -1.06. The highest BCUT2D eigenvalue weighted by Gasteiger charge is 2.19. The third kappa shape index (κ3) is 3.33. The third-order valence-corrected chi connectivity index (χ3v) is 4.18. The van der Waals surface area contributed by atoms with Crippen molar-refractivity contribution >= 4 is 0 Å². The van der Waals surface area contributed by atoms with Crippen LogP contribution in [0, 0.1) is 0 Å². The fraction of sp³-hybridized carbons (Fsp3) is 0.647. The van der Waals surface area contributed by atoms with E-state index >= 15 is 0 Å². The maximum absolute atomic E-state index is 5.76. The van der Waals surface area contributed by atoms with E-state index in [4.69, 9.17) is 4.74 Å². The molecule has 1 aliphatic heterocycles. The molecule has 1 aromatic rings. The maximum Gasteiger partial charge on any atom is 0.126 e. The summed E-state index contributed by atoms with van der Waals surface area (Å²) in [7, 11) is 1.81. The van der Waals surface area contributed by atoms with Crippen molar-refractivity contribution in [2.75, 3.05) is 33.3 Å². The van der Waals surface area contributed by atoms with Crippen LogP contribution < -0.4 is 10.1 Å². The van der Waals surface area contributed by atoms with Crippen molar-refractivity contribution in [1.82, 2.24) is 10.2 Å². The van der Waals surface area contributed by atoms with Crippen LogP contribution in [0.5, 0.6) is 5.75 Å². The van der Waals surface area contributed by atoms with Crippen LogP contribution in [0.25, 0.3) is 0 Å². The van der Waals surface area contributed by atoms with E-state index in [1.54, 1.807) is 7.11 Å². The van der Waals surface area contributed by atoms with E-state index in [9.17, 15) is 0 Å². The molecule has 1 aromatic carbocycles. The van der Waals surface area contributed by atoms with Gasteiger partial charge in [-0.25, -0.2) is 0 Å². The van der Waals surface area contributed by atoms with Crippen LogP contribution in [0.3, 0.4) is 0 Å². The van der Waals surface area contributed by atoms with Gasteiger partial charge in [0.05, 0.1) is 7.11 Å². The number of nitrogens with one attached hydrogen (secondary N) is 1.